The van der Waals surface area contributed by atoms with Crippen molar-refractivity contribution in [2.75, 3.05) is 0 Å². The Hall–Kier alpha value is -1.42. The van der Waals surface area contributed by atoms with Crippen molar-refractivity contribution in [1.82, 2.24) is 14.3 Å². The van der Waals surface area contributed by atoms with Crippen molar-refractivity contribution in [2.24, 2.45) is 0 Å². The van der Waals surface area contributed by atoms with Gasteiger partial charge in [-0.15, -0.1) is 11.3 Å². The molecule has 3 heterocycles. The largest absolute Gasteiger partial charge is 0.480 e. The van der Waals surface area contributed by atoms with Gasteiger partial charge in [-0.25, -0.2) is 13.4 Å². The minimum Gasteiger partial charge on any atom is -0.480 e. The first-order chi connectivity index (χ1) is 9.89. The van der Waals surface area contributed by atoms with E-state index in [-0.39, 0.29) is 17.2 Å². The van der Waals surface area contributed by atoms with Gasteiger partial charge in [-0.1, -0.05) is 11.6 Å². The van der Waals surface area contributed by atoms with Crippen molar-refractivity contribution >= 4 is 38.9 Å². The minimum atomic E-state index is -3.92. The molecule has 0 amide bonds. The fourth-order valence-corrected chi connectivity index (χ4v) is 5.39. The van der Waals surface area contributed by atoms with Gasteiger partial charge in [0, 0.05) is 6.42 Å². The summed E-state index contributed by atoms with van der Waals surface area (Å²) in [6, 6.07) is 1.68. The molecular weight excluding hydrogens is 338 g/mol. The summed E-state index contributed by atoms with van der Waals surface area (Å²) in [5.74, 6) is -1.20. The molecule has 21 heavy (non-hydrogen) atoms. The highest BCUT2D eigenvalue weighted by Crippen LogP contribution is 2.32. The van der Waals surface area contributed by atoms with Crippen molar-refractivity contribution in [3.63, 3.8) is 0 Å². The van der Waals surface area contributed by atoms with Gasteiger partial charge in [-0.3, -0.25) is 4.79 Å². The van der Waals surface area contributed by atoms with Gasteiger partial charge < -0.3 is 10.1 Å². The lowest BCUT2D eigenvalue weighted by molar-refractivity contribution is -0.141. The van der Waals surface area contributed by atoms with Gasteiger partial charge in [0.1, 0.15) is 10.3 Å². The quantitative estimate of drug-likeness (QED) is 0.871. The van der Waals surface area contributed by atoms with E-state index in [0.29, 0.717) is 15.7 Å². The molecule has 1 atom stereocenters. The fourth-order valence-electron chi connectivity index (χ4n) is 2.23. The van der Waals surface area contributed by atoms with Crippen LogP contribution in [0.5, 0.6) is 0 Å². The lowest BCUT2D eigenvalue weighted by Gasteiger charge is -2.30. The molecule has 1 aliphatic rings. The maximum atomic E-state index is 12.6. The molecule has 0 bridgehead atoms. The second-order valence-electron chi connectivity index (χ2n) is 4.49. The average molecular weight is 348 g/mol. The minimum absolute atomic E-state index is 0.0294. The predicted molar refractivity (Wildman–Crippen MR) is 75.8 cm³/mol. The van der Waals surface area contributed by atoms with Crippen molar-refractivity contribution in [3.05, 3.63) is 34.2 Å². The Bertz CT molecular complexity index is 798. The van der Waals surface area contributed by atoms with Gasteiger partial charge in [0.05, 0.1) is 28.6 Å². The summed E-state index contributed by atoms with van der Waals surface area (Å²) >= 11 is 6.67. The number of imidazole rings is 1. The molecule has 1 unspecified atom stereocenters. The number of nitrogens with zero attached hydrogens (tertiary/aromatic N) is 2. The number of aromatic nitrogens is 2. The Morgan fingerprint density at radius 3 is 2.90 bits per heavy atom. The first kappa shape index (κ1) is 14.5. The summed E-state index contributed by atoms with van der Waals surface area (Å²) in [5.41, 5.74) is 1.19. The Morgan fingerprint density at radius 2 is 2.29 bits per heavy atom. The van der Waals surface area contributed by atoms with Crippen LogP contribution in [0.1, 0.15) is 11.4 Å². The monoisotopic (exact) mass is 347 g/mol. The van der Waals surface area contributed by atoms with E-state index >= 15 is 0 Å². The molecule has 0 radical (unpaired) electrons. The van der Waals surface area contributed by atoms with E-state index in [4.69, 9.17) is 11.6 Å². The molecule has 7 nitrogen and oxygen atoms in total. The number of carboxylic acid groups (broad SMARTS) is 1. The van der Waals surface area contributed by atoms with Crippen LogP contribution in [0.2, 0.25) is 4.34 Å². The second-order valence-corrected chi connectivity index (χ2v) is 8.33. The second kappa shape index (κ2) is 5.09. The van der Waals surface area contributed by atoms with E-state index in [9.17, 15) is 18.3 Å². The van der Waals surface area contributed by atoms with Crippen LogP contribution in [0.25, 0.3) is 0 Å². The summed E-state index contributed by atoms with van der Waals surface area (Å²) in [7, 11) is -3.92. The number of H-pyrrole nitrogens is 1. The summed E-state index contributed by atoms with van der Waals surface area (Å²) < 4.78 is 26.6. The zero-order chi connectivity index (χ0) is 15.2. The number of nitrogens with one attached hydrogen (secondary N) is 1. The van der Waals surface area contributed by atoms with Crippen LogP contribution in [0.4, 0.5) is 0 Å². The molecule has 2 aromatic heterocycles. The van der Waals surface area contributed by atoms with Crippen molar-refractivity contribution < 1.29 is 18.3 Å². The number of carbonyl (C=O) groups is 1. The van der Waals surface area contributed by atoms with E-state index in [1.165, 1.54) is 18.5 Å². The average Bonchev–Trinajstić information content (AvgIpc) is 3.05. The number of thiophene rings is 1. The lowest BCUT2D eigenvalue weighted by Crippen LogP contribution is -2.48. The molecule has 0 aromatic carbocycles. The molecule has 0 saturated carbocycles. The topological polar surface area (TPSA) is 103 Å². The first-order valence-corrected chi connectivity index (χ1v) is 8.54. The number of hydrogen-bond acceptors (Lipinski definition) is 5. The number of sulfonamides is 1. The van der Waals surface area contributed by atoms with E-state index in [0.717, 1.165) is 15.6 Å². The van der Waals surface area contributed by atoms with Crippen LogP contribution in [0, 0.1) is 0 Å². The lowest BCUT2D eigenvalue weighted by atomic mass is 10.1. The summed E-state index contributed by atoms with van der Waals surface area (Å²) in [6.45, 7) is -0.0514. The fraction of sp³-hybridized carbons (Fsp3) is 0.273. The maximum Gasteiger partial charge on any atom is 0.322 e. The van der Waals surface area contributed by atoms with Crippen LogP contribution >= 0.6 is 22.9 Å². The van der Waals surface area contributed by atoms with Gasteiger partial charge in [0.15, 0.2) is 0 Å². The van der Waals surface area contributed by atoms with Crippen molar-refractivity contribution in [3.8, 4) is 0 Å². The van der Waals surface area contributed by atoms with E-state index in [1.54, 1.807) is 0 Å². The highest BCUT2D eigenvalue weighted by atomic mass is 35.5. The number of rotatable bonds is 3. The van der Waals surface area contributed by atoms with E-state index < -0.39 is 22.0 Å². The number of aliphatic carboxylic acids is 1. The maximum absolute atomic E-state index is 12.6. The molecular formula is C11H10ClN3O4S2. The van der Waals surface area contributed by atoms with E-state index in [2.05, 4.69) is 9.97 Å². The number of aromatic amines is 1. The number of halogens is 1. The van der Waals surface area contributed by atoms with Crippen LogP contribution in [0.3, 0.4) is 0 Å². The molecule has 112 valence electrons. The Balaban J connectivity index is 2.05. The summed E-state index contributed by atoms with van der Waals surface area (Å²) in [6.07, 6.45) is 1.47. The molecule has 3 rings (SSSR count). The van der Waals surface area contributed by atoms with Gasteiger partial charge >= 0.3 is 5.97 Å². The number of carboxylic acids is 1. The highest BCUT2D eigenvalue weighted by molar-refractivity contribution is 7.91. The first-order valence-electron chi connectivity index (χ1n) is 5.90. The Labute approximate surface area is 129 Å². The van der Waals surface area contributed by atoms with Crippen molar-refractivity contribution in [2.45, 2.75) is 23.2 Å². The van der Waals surface area contributed by atoms with E-state index in [1.807, 2.05) is 0 Å². The third-order valence-electron chi connectivity index (χ3n) is 3.25. The van der Waals surface area contributed by atoms with Crippen molar-refractivity contribution in [1.29, 1.82) is 0 Å². The number of fused-ring (bicyclic) bond motifs is 1. The predicted octanol–water partition coefficient (Wildman–Crippen LogP) is 1.32. The molecule has 10 heteroatoms. The molecule has 1 aliphatic heterocycles. The Kier molecular flexibility index (Phi) is 3.52. The van der Waals surface area contributed by atoms with Crippen LogP contribution in [0.15, 0.2) is 22.7 Å². The smallest absolute Gasteiger partial charge is 0.322 e. The molecule has 0 spiro atoms. The molecule has 0 aliphatic carbocycles. The SMILES string of the molecule is O=C(O)C1Cc2nc[nH]c2CN1S(=O)(=O)c1ccc(Cl)s1. The van der Waals surface area contributed by atoms with Gasteiger partial charge in [0.25, 0.3) is 10.0 Å². The zero-order valence-corrected chi connectivity index (χ0v) is 12.9. The van der Waals surface area contributed by atoms with Gasteiger partial charge in [-0.05, 0) is 12.1 Å². The van der Waals surface area contributed by atoms with Crippen LogP contribution in [-0.2, 0) is 27.8 Å². The summed E-state index contributed by atoms with van der Waals surface area (Å²) in [5, 5.41) is 9.32. The molecule has 0 saturated heterocycles. The van der Waals surface area contributed by atoms with Crippen LogP contribution < -0.4 is 0 Å². The Morgan fingerprint density at radius 1 is 1.52 bits per heavy atom. The highest BCUT2D eigenvalue weighted by Gasteiger charge is 2.41. The molecule has 2 N–H and O–H groups in total. The molecule has 0 fully saturated rings. The van der Waals surface area contributed by atoms with Crippen LogP contribution in [-0.4, -0.2) is 39.8 Å². The molecule has 2 aromatic rings. The van der Waals surface area contributed by atoms with Gasteiger partial charge in [0.2, 0.25) is 0 Å². The third kappa shape index (κ3) is 2.46. The zero-order valence-electron chi connectivity index (χ0n) is 10.5. The third-order valence-corrected chi connectivity index (χ3v) is 6.81. The number of hydrogen-bond donors (Lipinski definition) is 2. The normalized spacial score (nSPS) is 19.4. The van der Waals surface area contributed by atoms with Gasteiger partial charge in [-0.2, -0.15) is 4.31 Å². The standard InChI is InChI=1S/C11H10ClN3O4S2/c12-9-1-2-10(20-9)21(18,19)15-4-7-6(13-5-14-7)3-8(15)11(16)17/h1-2,5,8H,3-4H2,(H,13,14)(H,16,17). The summed E-state index contributed by atoms with van der Waals surface area (Å²) in [4.78, 5) is 18.3.